The summed E-state index contributed by atoms with van der Waals surface area (Å²) < 4.78 is 0. The number of benzene rings is 1. The van der Waals surface area contributed by atoms with Crippen molar-refractivity contribution < 1.29 is 19.5 Å². The van der Waals surface area contributed by atoms with Gasteiger partial charge < -0.3 is 5.73 Å². The molecule has 1 aromatic rings. The summed E-state index contributed by atoms with van der Waals surface area (Å²) in [5.41, 5.74) is 7.47. The average Bonchev–Trinajstić information content (AvgIpc) is 1.83. The van der Waals surface area contributed by atoms with E-state index in [1.807, 2.05) is 25.1 Å². The van der Waals surface area contributed by atoms with Crippen molar-refractivity contribution >= 4 is 18.3 Å². The van der Waals surface area contributed by atoms with Gasteiger partial charge in [-0.2, -0.15) is 0 Å². The van der Waals surface area contributed by atoms with Crippen molar-refractivity contribution in [1.29, 1.82) is 0 Å². The smallest absolute Gasteiger partial charge is 0.0479 e. The summed E-state index contributed by atoms with van der Waals surface area (Å²) in [5, 5.41) is 0. The number of anilines is 1. The molecule has 0 atom stereocenters. The van der Waals surface area contributed by atoms with Crippen molar-refractivity contribution in [3.63, 3.8) is 0 Å². The monoisotopic (exact) mass is 203 g/mol. The van der Waals surface area contributed by atoms with Crippen LogP contribution in [0.15, 0.2) is 23.1 Å². The third-order valence-electron chi connectivity index (χ3n) is 1.30. The Hall–Kier alpha value is -0.00662. The van der Waals surface area contributed by atoms with E-state index in [0.29, 0.717) is 0 Å². The molecule has 50 valence electrons. The van der Waals surface area contributed by atoms with Crippen molar-refractivity contribution in [2.45, 2.75) is 11.8 Å². The summed E-state index contributed by atoms with van der Waals surface area (Å²) >= 11 is 4.14. The first kappa shape index (κ1) is 9.99. The van der Waals surface area contributed by atoms with Crippen LogP contribution in [-0.4, -0.2) is 0 Å². The molecule has 1 aromatic carbocycles. The first-order chi connectivity index (χ1) is 4.22. The Labute approximate surface area is 79.2 Å². The van der Waals surface area contributed by atoms with E-state index in [1.54, 1.807) is 0 Å². The van der Waals surface area contributed by atoms with Crippen LogP contribution in [0.2, 0.25) is 0 Å². The number of hydrogen-bond donors (Lipinski definition) is 2. The quantitative estimate of drug-likeness (QED) is 0.377. The molecular weight excluding hydrogens is 196 g/mol. The third-order valence-corrected chi connectivity index (χ3v) is 1.69. The minimum absolute atomic E-state index is 0. The van der Waals surface area contributed by atoms with E-state index < -0.39 is 0 Å². The average molecular weight is 205 g/mol. The van der Waals surface area contributed by atoms with E-state index in [-0.39, 0.29) is 19.5 Å². The fraction of sp³-hybridized carbons (Fsp3) is 0.143. The number of hydrogen-bond acceptors (Lipinski definition) is 2. The fourth-order valence-corrected chi connectivity index (χ4v) is 0.928. The number of nitrogens with two attached hydrogens (primary N) is 1. The molecule has 1 rings (SSSR count). The van der Waals surface area contributed by atoms with Crippen molar-refractivity contribution in [2.75, 3.05) is 5.73 Å². The van der Waals surface area contributed by atoms with E-state index in [4.69, 9.17) is 5.73 Å². The molecule has 10 heavy (non-hydrogen) atoms. The summed E-state index contributed by atoms with van der Waals surface area (Å²) in [5.74, 6) is 0. The van der Waals surface area contributed by atoms with Crippen LogP contribution in [0, 0.1) is 6.92 Å². The molecule has 0 aromatic heterocycles. The first-order valence-electron chi connectivity index (χ1n) is 2.76. The van der Waals surface area contributed by atoms with E-state index in [0.717, 1.165) is 16.1 Å². The molecule has 0 fully saturated rings. The maximum atomic E-state index is 5.61. The second kappa shape index (κ2) is 3.99. The van der Waals surface area contributed by atoms with Crippen LogP contribution in [0.1, 0.15) is 5.56 Å². The molecule has 2 N–H and O–H groups in total. The van der Waals surface area contributed by atoms with Gasteiger partial charge in [-0.05, 0) is 18.6 Å². The molecule has 0 bridgehead atoms. The minimum Gasteiger partial charge on any atom is -0.398 e. The summed E-state index contributed by atoms with van der Waals surface area (Å²) in [7, 11) is 0. The molecule has 0 radical (unpaired) electrons. The van der Waals surface area contributed by atoms with Crippen LogP contribution in [0.3, 0.4) is 0 Å². The van der Waals surface area contributed by atoms with Crippen LogP contribution >= 0.6 is 12.6 Å². The van der Waals surface area contributed by atoms with Gasteiger partial charge in [0.25, 0.3) is 0 Å². The fourth-order valence-electron chi connectivity index (χ4n) is 0.665. The Morgan fingerprint density at radius 1 is 1.40 bits per heavy atom. The molecule has 0 heterocycles. The van der Waals surface area contributed by atoms with Gasteiger partial charge in [0.1, 0.15) is 0 Å². The van der Waals surface area contributed by atoms with Crippen molar-refractivity contribution in [2.24, 2.45) is 0 Å². The normalized spacial score (nSPS) is 8.60. The number of rotatable bonds is 0. The Morgan fingerprint density at radius 3 is 2.40 bits per heavy atom. The molecule has 0 spiro atoms. The SMILES string of the molecule is Cc1cccc(S)c1N.[Zn]. The molecule has 0 amide bonds. The molecule has 0 aliphatic rings. The van der Waals surface area contributed by atoms with Gasteiger partial charge in [0.15, 0.2) is 0 Å². The largest absolute Gasteiger partial charge is 0.398 e. The second-order valence-electron chi connectivity index (χ2n) is 2.01. The Morgan fingerprint density at radius 2 is 2.00 bits per heavy atom. The maximum absolute atomic E-state index is 5.61. The van der Waals surface area contributed by atoms with E-state index >= 15 is 0 Å². The maximum Gasteiger partial charge on any atom is 0.0479 e. The molecule has 0 unspecified atom stereocenters. The van der Waals surface area contributed by atoms with E-state index in [2.05, 4.69) is 12.6 Å². The number of para-hydroxylation sites is 1. The first-order valence-corrected chi connectivity index (χ1v) is 3.20. The molecule has 0 saturated carbocycles. The second-order valence-corrected chi connectivity index (χ2v) is 2.49. The summed E-state index contributed by atoms with van der Waals surface area (Å²) in [6.07, 6.45) is 0. The van der Waals surface area contributed by atoms with E-state index in [9.17, 15) is 0 Å². The zero-order valence-electron chi connectivity index (χ0n) is 5.96. The third kappa shape index (κ3) is 2.00. The predicted molar refractivity (Wildman–Crippen MR) is 42.8 cm³/mol. The van der Waals surface area contributed by atoms with Crippen LogP contribution in [0.4, 0.5) is 5.69 Å². The number of aryl methyl sites for hydroxylation is 1. The minimum atomic E-state index is 0. The zero-order valence-corrected chi connectivity index (χ0v) is 9.83. The molecule has 3 heteroatoms. The zero-order chi connectivity index (χ0) is 6.85. The van der Waals surface area contributed by atoms with Crippen LogP contribution in [0.5, 0.6) is 0 Å². The predicted octanol–water partition coefficient (Wildman–Crippen LogP) is 1.86. The van der Waals surface area contributed by atoms with Gasteiger partial charge in [-0.25, -0.2) is 0 Å². The van der Waals surface area contributed by atoms with Crippen LogP contribution in [0.25, 0.3) is 0 Å². The molecule has 0 aliphatic carbocycles. The topological polar surface area (TPSA) is 26.0 Å². The van der Waals surface area contributed by atoms with Gasteiger partial charge in [-0.3, -0.25) is 0 Å². The van der Waals surface area contributed by atoms with Gasteiger partial charge >= 0.3 is 0 Å². The Kier molecular flexibility index (Phi) is 3.99. The van der Waals surface area contributed by atoms with Gasteiger partial charge in [-0.15, -0.1) is 12.6 Å². The summed E-state index contributed by atoms with van der Waals surface area (Å²) in [4.78, 5) is 0.856. The van der Waals surface area contributed by atoms with Crippen LogP contribution < -0.4 is 5.73 Å². The molecule has 0 aliphatic heterocycles. The van der Waals surface area contributed by atoms with Gasteiger partial charge in [0, 0.05) is 30.1 Å². The summed E-state index contributed by atoms with van der Waals surface area (Å²) in [6, 6.07) is 5.79. The molecular formula is C7H9NSZn. The number of thiol groups is 1. The van der Waals surface area contributed by atoms with Crippen LogP contribution in [-0.2, 0) is 19.5 Å². The van der Waals surface area contributed by atoms with E-state index in [1.165, 1.54) is 0 Å². The van der Waals surface area contributed by atoms with Gasteiger partial charge in [0.2, 0.25) is 0 Å². The summed E-state index contributed by atoms with van der Waals surface area (Å²) in [6.45, 7) is 1.97. The van der Waals surface area contributed by atoms with Crippen molar-refractivity contribution in [3.8, 4) is 0 Å². The number of nitrogen functional groups attached to an aromatic ring is 1. The Bertz CT molecular complexity index is 205. The van der Waals surface area contributed by atoms with Crippen molar-refractivity contribution in [1.82, 2.24) is 0 Å². The van der Waals surface area contributed by atoms with Crippen molar-refractivity contribution in [3.05, 3.63) is 23.8 Å². The standard InChI is InChI=1S/C7H9NS.Zn/c1-5-3-2-4-6(9)7(5)8;/h2-4,9H,8H2,1H3;. The molecule has 0 saturated heterocycles. The molecule has 1 nitrogen and oxygen atoms in total. The Balaban J connectivity index is 0.000000810. The van der Waals surface area contributed by atoms with Gasteiger partial charge in [-0.1, -0.05) is 12.1 Å². The van der Waals surface area contributed by atoms with Gasteiger partial charge in [0.05, 0.1) is 0 Å².